The third-order valence-electron chi connectivity index (χ3n) is 7.26. The number of carbonyl (C=O) groups is 1. The van der Waals surface area contributed by atoms with Crippen LogP contribution >= 0.6 is 0 Å². The molecule has 2 aromatic rings. The highest BCUT2D eigenvalue weighted by Crippen LogP contribution is 2.14. The lowest BCUT2D eigenvalue weighted by Gasteiger charge is -2.16. The Hall–Kier alpha value is -2.20. The standard InChI is InChI=1S/C33H52N2O2/c36-30-32(29-31-23-17-15-18-24-31)34-33(37)25-19-13-11-9-7-5-3-1-2-4-6-8-10-12-14-20-26-35-27-21-16-22-28-35/h15-18,21-24,27-28,32,36H,1-14,19-20,25-26,29-30H2/p+1. The van der Waals surface area contributed by atoms with Crippen molar-refractivity contribution in [3.63, 3.8) is 0 Å². The number of nitrogens with zero attached hydrogens (tertiary/aromatic N) is 1. The zero-order chi connectivity index (χ0) is 26.2. The van der Waals surface area contributed by atoms with Crippen LogP contribution < -0.4 is 9.88 Å². The predicted molar refractivity (Wildman–Crippen MR) is 154 cm³/mol. The molecule has 0 saturated carbocycles. The lowest BCUT2D eigenvalue weighted by molar-refractivity contribution is -0.697. The number of aliphatic hydroxyl groups is 1. The van der Waals surface area contributed by atoms with Crippen molar-refractivity contribution in [3.05, 3.63) is 66.5 Å². The van der Waals surface area contributed by atoms with Crippen LogP contribution in [-0.2, 0) is 17.8 Å². The van der Waals surface area contributed by atoms with E-state index in [4.69, 9.17) is 0 Å². The highest BCUT2D eigenvalue weighted by atomic mass is 16.3. The van der Waals surface area contributed by atoms with Crippen molar-refractivity contribution < 1.29 is 14.5 Å². The second-order valence-corrected chi connectivity index (χ2v) is 10.7. The van der Waals surface area contributed by atoms with Crippen LogP contribution in [0.4, 0.5) is 0 Å². The summed E-state index contributed by atoms with van der Waals surface area (Å²) in [7, 11) is 0. The second-order valence-electron chi connectivity index (χ2n) is 10.7. The van der Waals surface area contributed by atoms with E-state index in [1.165, 1.54) is 89.9 Å². The van der Waals surface area contributed by atoms with Crippen molar-refractivity contribution in [1.82, 2.24) is 5.32 Å². The van der Waals surface area contributed by atoms with Crippen molar-refractivity contribution in [2.24, 2.45) is 0 Å². The largest absolute Gasteiger partial charge is 0.394 e. The van der Waals surface area contributed by atoms with Gasteiger partial charge in [-0.25, -0.2) is 4.57 Å². The molecule has 0 saturated heterocycles. The number of aryl methyl sites for hydroxylation is 1. The van der Waals surface area contributed by atoms with Crippen LogP contribution in [0.25, 0.3) is 0 Å². The molecule has 4 heteroatoms. The summed E-state index contributed by atoms with van der Waals surface area (Å²) in [4.78, 5) is 12.2. The molecule has 1 atom stereocenters. The number of hydrogen-bond donors (Lipinski definition) is 2. The molecule has 0 aliphatic carbocycles. The number of aliphatic hydroxyl groups excluding tert-OH is 1. The van der Waals surface area contributed by atoms with Crippen molar-refractivity contribution >= 4 is 5.91 Å². The Morgan fingerprint density at radius 2 is 1.11 bits per heavy atom. The van der Waals surface area contributed by atoms with Gasteiger partial charge in [0.15, 0.2) is 12.4 Å². The monoisotopic (exact) mass is 509 g/mol. The molecule has 0 spiro atoms. The van der Waals surface area contributed by atoms with Gasteiger partial charge in [-0.05, 0) is 24.8 Å². The summed E-state index contributed by atoms with van der Waals surface area (Å²) in [5, 5.41) is 12.6. The first kappa shape index (κ1) is 31.0. The average molecular weight is 510 g/mol. The maximum Gasteiger partial charge on any atom is 0.220 e. The molecule has 1 amide bonds. The number of carbonyl (C=O) groups excluding carboxylic acids is 1. The number of aromatic nitrogens is 1. The Labute approximate surface area is 226 Å². The summed E-state index contributed by atoms with van der Waals surface area (Å²) in [6, 6.07) is 16.1. The van der Waals surface area contributed by atoms with Gasteiger partial charge in [0.25, 0.3) is 0 Å². The van der Waals surface area contributed by atoms with Gasteiger partial charge in [-0.1, -0.05) is 120 Å². The minimum Gasteiger partial charge on any atom is -0.394 e. The Morgan fingerprint density at radius 3 is 1.62 bits per heavy atom. The van der Waals surface area contributed by atoms with E-state index < -0.39 is 0 Å². The van der Waals surface area contributed by atoms with Gasteiger partial charge in [0.2, 0.25) is 5.91 Å². The Kier molecular flexibility index (Phi) is 18.3. The number of amides is 1. The normalized spacial score (nSPS) is 11.9. The molecule has 2 N–H and O–H groups in total. The molecule has 206 valence electrons. The van der Waals surface area contributed by atoms with E-state index in [9.17, 15) is 9.90 Å². The zero-order valence-corrected chi connectivity index (χ0v) is 23.3. The molecule has 1 heterocycles. The minimum absolute atomic E-state index is 0.0183. The molecule has 1 aromatic carbocycles. The highest BCUT2D eigenvalue weighted by molar-refractivity contribution is 5.76. The summed E-state index contributed by atoms with van der Waals surface area (Å²) >= 11 is 0. The van der Waals surface area contributed by atoms with Crippen molar-refractivity contribution in [2.45, 2.75) is 128 Å². The van der Waals surface area contributed by atoms with Crippen LogP contribution in [0.3, 0.4) is 0 Å². The molecule has 2 rings (SSSR count). The number of unbranched alkanes of at least 4 members (excludes halogenated alkanes) is 15. The van der Waals surface area contributed by atoms with E-state index in [-0.39, 0.29) is 18.6 Å². The fourth-order valence-electron chi connectivity index (χ4n) is 5.00. The average Bonchev–Trinajstić information content (AvgIpc) is 2.93. The molecule has 1 unspecified atom stereocenters. The third kappa shape index (κ3) is 17.0. The molecule has 0 aliphatic heterocycles. The van der Waals surface area contributed by atoms with Gasteiger partial charge in [-0.15, -0.1) is 0 Å². The van der Waals surface area contributed by atoms with Crippen molar-refractivity contribution in [1.29, 1.82) is 0 Å². The van der Waals surface area contributed by atoms with Gasteiger partial charge in [-0.2, -0.15) is 0 Å². The van der Waals surface area contributed by atoms with Gasteiger partial charge in [0.1, 0.15) is 6.54 Å². The number of nitrogens with one attached hydrogen (secondary N) is 1. The number of benzene rings is 1. The van der Waals surface area contributed by atoms with E-state index in [1.54, 1.807) is 0 Å². The molecule has 0 bridgehead atoms. The van der Waals surface area contributed by atoms with Gasteiger partial charge in [0, 0.05) is 25.0 Å². The first-order valence-corrected chi connectivity index (χ1v) is 15.2. The van der Waals surface area contributed by atoms with Crippen LogP contribution in [0.5, 0.6) is 0 Å². The molecule has 37 heavy (non-hydrogen) atoms. The summed E-state index contributed by atoms with van der Waals surface area (Å²) in [6.07, 6.45) is 26.7. The number of rotatable bonds is 23. The topological polar surface area (TPSA) is 53.2 Å². The Balaban J connectivity index is 1.28. The first-order valence-electron chi connectivity index (χ1n) is 15.2. The molecule has 4 nitrogen and oxygen atoms in total. The van der Waals surface area contributed by atoms with Gasteiger partial charge in [-0.3, -0.25) is 4.79 Å². The first-order chi connectivity index (χ1) is 18.3. The molecule has 1 aromatic heterocycles. The number of pyridine rings is 1. The van der Waals surface area contributed by atoms with E-state index in [2.05, 4.69) is 40.5 Å². The van der Waals surface area contributed by atoms with Crippen molar-refractivity contribution in [3.8, 4) is 0 Å². The smallest absolute Gasteiger partial charge is 0.220 e. The van der Waals surface area contributed by atoms with Crippen LogP contribution in [0.2, 0.25) is 0 Å². The number of hydrogen-bond acceptors (Lipinski definition) is 2. The van der Waals surface area contributed by atoms with Crippen LogP contribution in [-0.4, -0.2) is 23.7 Å². The molecule has 0 radical (unpaired) electrons. The molecular weight excluding hydrogens is 456 g/mol. The summed E-state index contributed by atoms with van der Waals surface area (Å²) < 4.78 is 2.28. The van der Waals surface area contributed by atoms with E-state index >= 15 is 0 Å². The molecule has 0 aliphatic rings. The van der Waals surface area contributed by atoms with Crippen LogP contribution in [0, 0.1) is 0 Å². The predicted octanol–water partition coefficient (Wildman–Crippen LogP) is 7.33. The van der Waals surface area contributed by atoms with E-state index in [0.29, 0.717) is 12.8 Å². The lowest BCUT2D eigenvalue weighted by Crippen LogP contribution is -2.38. The van der Waals surface area contributed by atoms with Crippen LogP contribution in [0.1, 0.15) is 115 Å². The summed E-state index contributed by atoms with van der Waals surface area (Å²) in [5.74, 6) is 0.0668. The quantitative estimate of drug-likeness (QED) is 0.122. The lowest BCUT2D eigenvalue weighted by atomic mass is 10.0. The SMILES string of the molecule is O=C(CCCCCCCCCCCCCCCCCC[n+]1ccccc1)NC(CO)Cc1ccccc1. The Morgan fingerprint density at radius 1 is 0.649 bits per heavy atom. The Bertz CT molecular complexity index is 781. The molecule has 0 fully saturated rings. The van der Waals surface area contributed by atoms with Gasteiger partial charge < -0.3 is 10.4 Å². The van der Waals surface area contributed by atoms with Crippen LogP contribution in [0.15, 0.2) is 60.9 Å². The van der Waals surface area contributed by atoms with E-state index in [0.717, 1.165) is 24.9 Å². The maximum atomic E-state index is 12.2. The minimum atomic E-state index is -0.190. The summed E-state index contributed by atoms with van der Waals surface area (Å²) in [5.41, 5.74) is 1.14. The van der Waals surface area contributed by atoms with Crippen molar-refractivity contribution in [2.75, 3.05) is 6.61 Å². The van der Waals surface area contributed by atoms with E-state index in [1.807, 2.05) is 30.3 Å². The summed E-state index contributed by atoms with van der Waals surface area (Å²) in [6.45, 7) is 1.13. The van der Waals surface area contributed by atoms with Gasteiger partial charge in [0.05, 0.1) is 12.6 Å². The zero-order valence-electron chi connectivity index (χ0n) is 23.3. The second kappa shape index (κ2) is 21.8. The fraction of sp³-hybridized carbons (Fsp3) is 0.636. The highest BCUT2D eigenvalue weighted by Gasteiger charge is 2.11. The van der Waals surface area contributed by atoms with Gasteiger partial charge >= 0.3 is 0 Å². The molecular formula is C33H53N2O2+. The fourth-order valence-corrected chi connectivity index (χ4v) is 5.00. The third-order valence-corrected chi connectivity index (χ3v) is 7.26. The maximum absolute atomic E-state index is 12.2.